The molecule has 0 aromatic rings. The van der Waals surface area contributed by atoms with Crippen LogP contribution in [-0.4, -0.2) is 92.3 Å². The third kappa shape index (κ3) is 6.08. The van der Waals surface area contributed by atoms with Crippen LogP contribution in [-0.2, 0) is 14.4 Å². The lowest BCUT2D eigenvalue weighted by atomic mass is 10.0. The minimum atomic E-state index is -1.62. The molecular formula is C12H23N3O8. The molecule has 11 nitrogen and oxygen atoms in total. The molecule has 0 unspecified atom stereocenters. The number of nitrogens with zero attached hydrogens (tertiary/aromatic N) is 1. The van der Waals surface area contributed by atoms with Crippen LogP contribution in [0.25, 0.3) is 0 Å². The van der Waals surface area contributed by atoms with E-state index in [4.69, 9.17) is 20.4 Å². The number of aliphatic hydroxyl groups excluding tert-OH is 2. The Balaban J connectivity index is 0.00000484. The molecule has 0 amide bonds. The van der Waals surface area contributed by atoms with Gasteiger partial charge in [0.2, 0.25) is 0 Å². The van der Waals surface area contributed by atoms with Gasteiger partial charge < -0.3 is 37.0 Å². The molecule has 0 saturated carbocycles. The zero-order valence-corrected chi connectivity index (χ0v) is 12.5. The van der Waals surface area contributed by atoms with Crippen molar-refractivity contribution < 1.29 is 39.9 Å². The number of nitrogens with one attached hydrogen (secondary N) is 1. The lowest BCUT2D eigenvalue weighted by Gasteiger charge is -2.39. The molecule has 0 aromatic carbocycles. The molecule has 23 heavy (non-hydrogen) atoms. The third-order valence-electron chi connectivity index (χ3n) is 3.56. The van der Waals surface area contributed by atoms with Crippen LogP contribution in [0.15, 0.2) is 0 Å². The average molecular weight is 337 g/mol. The molecular weight excluding hydrogens is 314 g/mol. The number of aliphatic carboxylic acids is 3. The van der Waals surface area contributed by atoms with Crippen molar-refractivity contribution >= 4 is 17.9 Å². The van der Waals surface area contributed by atoms with Crippen molar-refractivity contribution in [2.75, 3.05) is 19.6 Å². The van der Waals surface area contributed by atoms with Crippen molar-refractivity contribution in [1.29, 1.82) is 0 Å². The van der Waals surface area contributed by atoms with Gasteiger partial charge in [-0.25, -0.2) is 4.79 Å². The Kier molecular flexibility index (Phi) is 8.64. The Morgan fingerprint density at radius 1 is 1.13 bits per heavy atom. The maximum Gasteiger partial charge on any atom is 0.332 e. The monoisotopic (exact) mass is 337 g/mol. The van der Waals surface area contributed by atoms with Gasteiger partial charge in [0.1, 0.15) is 12.1 Å². The predicted molar refractivity (Wildman–Crippen MR) is 76.3 cm³/mol. The summed E-state index contributed by atoms with van der Waals surface area (Å²) in [6.07, 6.45) is -2.75. The van der Waals surface area contributed by atoms with Gasteiger partial charge in [0, 0.05) is 13.1 Å². The first-order chi connectivity index (χ1) is 10.2. The Bertz CT molecular complexity index is 433. The normalized spacial score (nSPS) is 21.4. The summed E-state index contributed by atoms with van der Waals surface area (Å²) in [6.45, 7) is 0.213. The van der Waals surface area contributed by atoms with Crippen LogP contribution < -0.4 is 11.5 Å². The minimum absolute atomic E-state index is 0. The fraction of sp³-hybridized carbons (Fsp3) is 0.750. The van der Waals surface area contributed by atoms with E-state index in [2.05, 4.69) is 5.32 Å². The predicted octanol–water partition coefficient (Wildman–Crippen LogP) is -2.45. The van der Waals surface area contributed by atoms with Gasteiger partial charge in [-0.2, -0.15) is 0 Å². The highest BCUT2D eigenvalue weighted by Gasteiger charge is 2.37. The van der Waals surface area contributed by atoms with E-state index in [1.54, 1.807) is 0 Å². The van der Waals surface area contributed by atoms with Crippen molar-refractivity contribution in [1.82, 2.24) is 16.4 Å². The molecule has 0 bridgehead atoms. The van der Waals surface area contributed by atoms with E-state index in [1.165, 1.54) is 4.90 Å². The second-order valence-corrected chi connectivity index (χ2v) is 5.12. The number of carbonyl (C=O) groups is 3. The summed E-state index contributed by atoms with van der Waals surface area (Å²) >= 11 is 0. The van der Waals surface area contributed by atoms with Crippen LogP contribution in [0.1, 0.15) is 12.8 Å². The number of carboxylic acid groups (broad SMARTS) is 3. The molecule has 1 aliphatic heterocycles. The maximum absolute atomic E-state index is 11.1. The summed E-state index contributed by atoms with van der Waals surface area (Å²) in [5, 5.41) is 47.9. The van der Waals surface area contributed by atoms with E-state index in [1.807, 2.05) is 0 Å². The summed E-state index contributed by atoms with van der Waals surface area (Å²) in [5.74, 6) is -3.79. The summed E-state index contributed by atoms with van der Waals surface area (Å²) < 4.78 is 0. The molecule has 1 heterocycles. The van der Waals surface area contributed by atoms with E-state index >= 15 is 0 Å². The third-order valence-corrected chi connectivity index (χ3v) is 3.56. The Hall–Kier alpha value is -1.79. The molecule has 0 aromatic heterocycles. The van der Waals surface area contributed by atoms with E-state index in [0.717, 1.165) is 0 Å². The van der Waals surface area contributed by atoms with Gasteiger partial charge >= 0.3 is 17.9 Å². The molecule has 4 atom stereocenters. The highest BCUT2D eigenvalue weighted by atomic mass is 16.4. The maximum atomic E-state index is 11.1. The zero-order valence-electron chi connectivity index (χ0n) is 12.5. The van der Waals surface area contributed by atoms with Crippen molar-refractivity contribution in [2.24, 2.45) is 0 Å². The van der Waals surface area contributed by atoms with Crippen molar-refractivity contribution in [3.05, 3.63) is 0 Å². The van der Waals surface area contributed by atoms with Gasteiger partial charge in [-0.15, -0.1) is 0 Å². The summed E-state index contributed by atoms with van der Waals surface area (Å²) in [7, 11) is 0. The Labute approximate surface area is 132 Å². The van der Waals surface area contributed by atoms with Gasteiger partial charge in [-0.3, -0.25) is 14.5 Å². The van der Waals surface area contributed by atoms with Gasteiger partial charge in [0.25, 0.3) is 0 Å². The molecule has 9 N–H and O–H groups in total. The van der Waals surface area contributed by atoms with Crippen molar-refractivity contribution in [3.8, 4) is 0 Å². The standard InChI is InChI=1S/C12H20N2O8.H3N/c15-7(11(19)20)1-3-13-9(12(21)22)8(16)5-14-4-2-6(14)10(17)18;/h6-9,13,15-16H,1-5H2,(H,17,18)(H,19,20)(H,21,22);1H3/t6-,7-,8-,9-;/m0./s1. The second-order valence-electron chi connectivity index (χ2n) is 5.12. The number of hydrogen-bond acceptors (Lipinski definition) is 8. The second kappa shape index (κ2) is 9.37. The van der Waals surface area contributed by atoms with Crippen LogP contribution in [0.3, 0.4) is 0 Å². The summed E-state index contributed by atoms with van der Waals surface area (Å²) in [6, 6.07) is -2.10. The summed E-state index contributed by atoms with van der Waals surface area (Å²) in [5.41, 5.74) is 0. The molecule has 0 aliphatic carbocycles. The number of hydrogen-bond donors (Lipinski definition) is 7. The zero-order chi connectivity index (χ0) is 16.9. The van der Waals surface area contributed by atoms with Crippen LogP contribution in [0.4, 0.5) is 0 Å². The number of likely N-dealkylation sites (tertiary alicyclic amines) is 1. The molecule has 134 valence electrons. The molecule has 1 saturated heterocycles. The smallest absolute Gasteiger partial charge is 0.332 e. The lowest BCUT2D eigenvalue weighted by Crippen LogP contribution is -2.58. The number of carboxylic acids is 3. The average Bonchev–Trinajstić information content (AvgIpc) is 2.37. The van der Waals surface area contributed by atoms with Crippen molar-refractivity contribution in [3.63, 3.8) is 0 Å². The van der Waals surface area contributed by atoms with Crippen LogP contribution in [0.5, 0.6) is 0 Å². The van der Waals surface area contributed by atoms with Gasteiger partial charge in [-0.05, 0) is 19.4 Å². The minimum Gasteiger partial charge on any atom is -0.480 e. The topological polar surface area (TPSA) is 203 Å². The highest BCUT2D eigenvalue weighted by molar-refractivity contribution is 5.75. The lowest BCUT2D eigenvalue weighted by molar-refractivity contribution is -0.150. The van der Waals surface area contributed by atoms with Crippen molar-refractivity contribution in [2.45, 2.75) is 37.1 Å². The SMILES string of the molecule is N.O=C(O)[C@@H](NCC[C@H](O)C(=O)O)[C@@H](O)CN1CC[C@H]1C(=O)O. The highest BCUT2D eigenvalue weighted by Crippen LogP contribution is 2.18. The number of β-amino-alcohol motifs (C(OH)–C–C–N with tert-alkyl or cyclic N) is 1. The first-order valence-electron chi connectivity index (χ1n) is 6.76. The van der Waals surface area contributed by atoms with Crippen LogP contribution in [0, 0.1) is 0 Å². The molecule has 1 fully saturated rings. The van der Waals surface area contributed by atoms with E-state index in [9.17, 15) is 19.5 Å². The molecule has 0 spiro atoms. The largest absolute Gasteiger partial charge is 0.480 e. The van der Waals surface area contributed by atoms with Gasteiger partial charge in [0.05, 0.1) is 6.10 Å². The molecule has 1 rings (SSSR count). The van der Waals surface area contributed by atoms with Crippen LogP contribution in [0.2, 0.25) is 0 Å². The number of aliphatic hydroxyl groups is 2. The summed E-state index contributed by atoms with van der Waals surface area (Å²) in [4.78, 5) is 33.9. The number of rotatable bonds is 10. The van der Waals surface area contributed by atoms with E-state index in [-0.39, 0.29) is 25.7 Å². The van der Waals surface area contributed by atoms with E-state index < -0.39 is 42.2 Å². The van der Waals surface area contributed by atoms with E-state index in [0.29, 0.717) is 13.0 Å². The Morgan fingerprint density at radius 2 is 1.74 bits per heavy atom. The fourth-order valence-electron chi connectivity index (χ4n) is 2.17. The van der Waals surface area contributed by atoms with Gasteiger partial charge in [-0.1, -0.05) is 0 Å². The van der Waals surface area contributed by atoms with Gasteiger partial charge in [0.15, 0.2) is 6.10 Å². The first-order valence-corrected chi connectivity index (χ1v) is 6.76. The molecule has 11 heteroatoms. The van der Waals surface area contributed by atoms with Crippen LogP contribution >= 0.6 is 0 Å². The first kappa shape index (κ1) is 21.2. The quantitative estimate of drug-likeness (QED) is 0.223. The Morgan fingerprint density at radius 3 is 2.13 bits per heavy atom. The molecule has 0 radical (unpaired) electrons. The molecule has 1 aliphatic rings. The fourth-order valence-corrected chi connectivity index (χ4v) is 2.17.